The van der Waals surface area contributed by atoms with Crippen molar-refractivity contribution in [2.45, 2.75) is 19.4 Å². The first-order valence-corrected chi connectivity index (χ1v) is 7.40. The molecule has 2 rings (SSSR count). The summed E-state index contributed by atoms with van der Waals surface area (Å²) in [6.07, 6.45) is 2.23. The van der Waals surface area contributed by atoms with Gasteiger partial charge in [0.25, 0.3) is 0 Å². The van der Waals surface area contributed by atoms with Crippen molar-refractivity contribution in [3.63, 3.8) is 0 Å². The topological polar surface area (TPSA) is 35.9 Å². The van der Waals surface area contributed by atoms with Gasteiger partial charge in [0, 0.05) is 31.7 Å². The highest BCUT2D eigenvalue weighted by molar-refractivity contribution is 5.36. The molecule has 0 unspecified atom stereocenters. The lowest BCUT2D eigenvalue weighted by molar-refractivity contribution is 0.153. The first-order chi connectivity index (χ1) is 9.72. The highest BCUT2D eigenvalue weighted by Gasteiger charge is 2.13. The van der Waals surface area contributed by atoms with E-state index in [9.17, 15) is 5.11 Å². The van der Waals surface area contributed by atoms with Gasteiger partial charge in [-0.2, -0.15) is 0 Å². The number of aliphatic hydroxyl groups is 1. The molecule has 0 spiro atoms. The van der Waals surface area contributed by atoms with E-state index in [0.29, 0.717) is 0 Å². The smallest absolute Gasteiger partial charge is 0.124 e. The Morgan fingerprint density at radius 2 is 1.95 bits per heavy atom. The van der Waals surface area contributed by atoms with Gasteiger partial charge in [0.05, 0.1) is 13.7 Å². The van der Waals surface area contributed by atoms with Crippen LogP contribution in [0.4, 0.5) is 0 Å². The fraction of sp³-hybridized carbons (Fsp3) is 0.625. The summed E-state index contributed by atoms with van der Waals surface area (Å²) in [6.45, 7) is 5.92. The Morgan fingerprint density at radius 3 is 2.60 bits per heavy atom. The van der Waals surface area contributed by atoms with E-state index in [1.54, 1.807) is 7.11 Å². The summed E-state index contributed by atoms with van der Waals surface area (Å²) < 4.78 is 5.23. The molecule has 4 nitrogen and oxygen atoms in total. The summed E-state index contributed by atoms with van der Waals surface area (Å²) in [5.74, 6) is 0.773. The fourth-order valence-corrected chi connectivity index (χ4v) is 2.69. The van der Waals surface area contributed by atoms with Crippen LogP contribution in [-0.4, -0.2) is 61.8 Å². The van der Waals surface area contributed by atoms with Crippen molar-refractivity contribution >= 4 is 0 Å². The van der Waals surface area contributed by atoms with Crippen LogP contribution in [0.15, 0.2) is 18.2 Å². The third kappa shape index (κ3) is 4.20. The van der Waals surface area contributed by atoms with Crippen molar-refractivity contribution in [3.8, 4) is 5.75 Å². The third-order valence-electron chi connectivity index (χ3n) is 4.05. The summed E-state index contributed by atoms with van der Waals surface area (Å²) in [7, 11) is 3.83. The zero-order valence-corrected chi connectivity index (χ0v) is 12.6. The first-order valence-electron chi connectivity index (χ1n) is 7.40. The summed E-state index contributed by atoms with van der Waals surface area (Å²) in [5, 5.41) is 9.34. The molecule has 1 fully saturated rings. The maximum atomic E-state index is 9.34. The Morgan fingerprint density at radius 1 is 1.20 bits per heavy atom. The fourth-order valence-electron chi connectivity index (χ4n) is 2.69. The Balaban J connectivity index is 1.79. The van der Waals surface area contributed by atoms with Gasteiger partial charge in [-0.15, -0.1) is 0 Å². The number of methoxy groups -OCH3 is 1. The molecule has 112 valence electrons. The molecule has 0 amide bonds. The Hall–Kier alpha value is -1.10. The summed E-state index contributed by atoms with van der Waals surface area (Å²) in [4.78, 5) is 4.92. The van der Waals surface area contributed by atoms with Gasteiger partial charge in [-0.05, 0) is 44.1 Å². The predicted molar refractivity (Wildman–Crippen MR) is 81.2 cm³/mol. The lowest BCUT2D eigenvalue weighted by Gasteiger charge is -2.32. The lowest BCUT2D eigenvalue weighted by atomic mass is 10.1. The number of ether oxygens (including phenoxy) is 1. The molecule has 0 radical (unpaired) electrons. The van der Waals surface area contributed by atoms with Gasteiger partial charge in [0.1, 0.15) is 5.75 Å². The number of benzene rings is 1. The molecule has 1 heterocycles. The normalized spacial score (nSPS) is 17.4. The predicted octanol–water partition coefficient (Wildman–Crippen LogP) is 1.37. The van der Waals surface area contributed by atoms with Crippen molar-refractivity contribution < 1.29 is 9.84 Å². The van der Waals surface area contributed by atoms with Crippen LogP contribution < -0.4 is 4.74 Å². The van der Waals surface area contributed by atoms with Crippen molar-refractivity contribution in [1.82, 2.24) is 9.80 Å². The van der Waals surface area contributed by atoms with Gasteiger partial charge in [-0.25, -0.2) is 0 Å². The molecule has 0 atom stereocenters. The van der Waals surface area contributed by atoms with E-state index in [1.165, 1.54) is 38.2 Å². The van der Waals surface area contributed by atoms with E-state index in [2.05, 4.69) is 29.0 Å². The van der Waals surface area contributed by atoms with Crippen molar-refractivity contribution in [1.29, 1.82) is 0 Å². The Bertz CT molecular complexity index is 415. The molecule has 1 aliphatic heterocycles. The number of aryl methyl sites for hydroxylation is 1. The van der Waals surface area contributed by atoms with E-state index in [-0.39, 0.29) is 6.61 Å². The number of hydrogen-bond donors (Lipinski definition) is 1. The molecule has 4 heteroatoms. The van der Waals surface area contributed by atoms with E-state index >= 15 is 0 Å². The zero-order chi connectivity index (χ0) is 14.4. The Labute approximate surface area is 122 Å². The van der Waals surface area contributed by atoms with Gasteiger partial charge in [0.15, 0.2) is 0 Å². The molecule has 1 saturated heterocycles. The van der Waals surface area contributed by atoms with Crippen LogP contribution in [0, 0.1) is 0 Å². The largest absolute Gasteiger partial charge is 0.496 e. The summed E-state index contributed by atoms with van der Waals surface area (Å²) >= 11 is 0. The monoisotopic (exact) mass is 278 g/mol. The number of rotatable bonds is 6. The molecule has 1 aromatic rings. The van der Waals surface area contributed by atoms with E-state index in [0.717, 1.165) is 24.3 Å². The number of hydrogen-bond acceptors (Lipinski definition) is 4. The van der Waals surface area contributed by atoms with Crippen molar-refractivity contribution in [3.05, 3.63) is 29.3 Å². The van der Waals surface area contributed by atoms with E-state index in [1.807, 2.05) is 6.07 Å². The number of aliphatic hydroxyl groups excluding tert-OH is 1. The van der Waals surface area contributed by atoms with Gasteiger partial charge < -0.3 is 19.6 Å². The average Bonchev–Trinajstić information content (AvgIpc) is 2.49. The summed E-state index contributed by atoms with van der Waals surface area (Å²) in [5.41, 5.74) is 2.16. The van der Waals surface area contributed by atoms with Crippen LogP contribution in [0.3, 0.4) is 0 Å². The molecule has 0 aromatic heterocycles. The molecule has 0 bridgehead atoms. The number of likely N-dealkylation sites (N-methyl/N-ethyl adjacent to an activating group) is 1. The highest BCUT2D eigenvalue weighted by Crippen LogP contribution is 2.20. The van der Waals surface area contributed by atoms with Gasteiger partial charge in [-0.3, -0.25) is 0 Å². The minimum Gasteiger partial charge on any atom is -0.496 e. The highest BCUT2D eigenvalue weighted by atomic mass is 16.5. The molecule has 20 heavy (non-hydrogen) atoms. The van der Waals surface area contributed by atoms with Crippen LogP contribution in [0.1, 0.15) is 17.5 Å². The number of nitrogens with zero attached hydrogens (tertiary/aromatic N) is 2. The van der Waals surface area contributed by atoms with Crippen LogP contribution in [-0.2, 0) is 13.0 Å². The van der Waals surface area contributed by atoms with Crippen LogP contribution in [0.25, 0.3) is 0 Å². The molecule has 0 aliphatic carbocycles. The quantitative estimate of drug-likeness (QED) is 0.852. The van der Waals surface area contributed by atoms with Crippen LogP contribution >= 0.6 is 0 Å². The maximum absolute atomic E-state index is 9.34. The van der Waals surface area contributed by atoms with Crippen molar-refractivity contribution in [2.75, 3.05) is 46.9 Å². The molecule has 0 saturated carbocycles. The minimum absolute atomic E-state index is 0.0372. The second-order valence-electron chi connectivity index (χ2n) is 5.55. The standard InChI is InChI=1S/C16H26N2O2/c1-17-8-10-18(11-9-17)7-3-4-14-5-6-16(20-2)15(12-14)13-19/h5-6,12,19H,3-4,7-11,13H2,1-2H3. The molecular weight excluding hydrogens is 252 g/mol. The van der Waals surface area contributed by atoms with Crippen molar-refractivity contribution in [2.24, 2.45) is 0 Å². The Kier molecular flexibility index (Phi) is 5.83. The molecule has 1 N–H and O–H groups in total. The summed E-state index contributed by atoms with van der Waals surface area (Å²) in [6, 6.07) is 6.11. The third-order valence-corrected chi connectivity index (χ3v) is 4.05. The SMILES string of the molecule is COc1ccc(CCCN2CCN(C)CC2)cc1CO. The van der Waals surface area contributed by atoms with Gasteiger partial charge >= 0.3 is 0 Å². The van der Waals surface area contributed by atoms with E-state index < -0.39 is 0 Å². The van der Waals surface area contributed by atoms with E-state index in [4.69, 9.17) is 4.74 Å². The first kappa shape index (κ1) is 15.3. The average molecular weight is 278 g/mol. The van der Waals surface area contributed by atoms with Gasteiger partial charge in [-0.1, -0.05) is 6.07 Å². The van der Waals surface area contributed by atoms with Gasteiger partial charge in [0.2, 0.25) is 0 Å². The molecular formula is C16H26N2O2. The molecule has 1 aromatic carbocycles. The second-order valence-corrected chi connectivity index (χ2v) is 5.55. The lowest BCUT2D eigenvalue weighted by Crippen LogP contribution is -2.44. The number of piperazine rings is 1. The van der Waals surface area contributed by atoms with Crippen LogP contribution in [0.5, 0.6) is 5.75 Å². The van der Waals surface area contributed by atoms with Crippen LogP contribution in [0.2, 0.25) is 0 Å². The minimum atomic E-state index is 0.0372. The molecule has 1 aliphatic rings. The second kappa shape index (κ2) is 7.62. The maximum Gasteiger partial charge on any atom is 0.124 e. The zero-order valence-electron chi connectivity index (χ0n) is 12.6.